The number of carbonyl (C=O) groups excluding carboxylic acids is 1. The van der Waals surface area contributed by atoms with Crippen molar-refractivity contribution in [3.05, 3.63) is 0 Å². The number of carboxylic acids is 1. The molecule has 1 aliphatic heterocycles. The molecule has 2 aliphatic carbocycles. The van der Waals surface area contributed by atoms with E-state index in [4.69, 9.17) is 0 Å². The number of carbonyl (C=O) groups is 2. The Bertz CT molecular complexity index is 441. The number of hydrogen-bond donors (Lipinski definition) is 3. The molecule has 0 aromatic rings. The minimum absolute atomic E-state index is 0.0693. The molecule has 3 N–H and O–H groups in total. The number of hydrogen-bond acceptors (Lipinski definition) is 3. The Morgan fingerprint density at radius 1 is 1.19 bits per heavy atom. The number of aliphatic hydroxyl groups excluding tert-OH is 1. The van der Waals surface area contributed by atoms with Crippen LogP contribution in [0, 0.1) is 23.7 Å². The zero-order chi connectivity index (χ0) is 15.1. The summed E-state index contributed by atoms with van der Waals surface area (Å²) in [5.74, 6) is -0.608. The van der Waals surface area contributed by atoms with Crippen LogP contribution in [-0.4, -0.2) is 52.3 Å². The first kappa shape index (κ1) is 14.6. The quantitative estimate of drug-likeness (QED) is 0.706. The van der Waals surface area contributed by atoms with Gasteiger partial charge >= 0.3 is 12.0 Å². The highest BCUT2D eigenvalue weighted by atomic mass is 16.4. The van der Waals surface area contributed by atoms with Crippen molar-refractivity contribution in [3.63, 3.8) is 0 Å². The van der Waals surface area contributed by atoms with Gasteiger partial charge in [-0.05, 0) is 43.4 Å². The van der Waals surface area contributed by atoms with Crippen LogP contribution < -0.4 is 5.32 Å². The number of rotatable bonds is 2. The van der Waals surface area contributed by atoms with Crippen molar-refractivity contribution in [2.75, 3.05) is 13.1 Å². The lowest BCUT2D eigenvalue weighted by Crippen LogP contribution is -2.54. The normalized spacial score (nSPS) is 42.1. The summed E-state index contributed by atoms with van der Waals surface area (Å²) in [5.41, 5.74) is 0. The fourth-order valence-electron chi connectivity index (χ4n) is 4.41. The molecule has 2 amide bonds. The van der Waals surface area contributed by atoms with Crippen LogP contribution in [0.3, 0.4) is 0 Å². The minimum Gasteiger partial charge on any atom is -0.481 e. The molecule has 2 saturated carbocycles. The molecule has 3 rings (SSSR count). The average molecular weight is 296 g/mol. The molecule has 6 unspecified atom stereocenters. The Labute approximate surface area is 124 Å². The summed E-state index contributed by atoms with van der Waals surface area (Å²) in [6.45, 7) is 3.00. The predicted octanol–water partition coefficient (Wildman–Crippen LogP) is 0.898. The topological polar surface area (TPSA) is 89.9 Å². The van der Waals surface area contributed by atoms with E-state index in [-0.39, 0.29) is 30.0 Å². The van der Waals surface area contributed by atoms with Crippen LogP contribution in [0.1, 0.15) is 32.6 Å². The van der Waals surface area contributed by atoms with Crippen molar-refractivity contribution < 1.29 is 19.8 Å². The zero-order valence-corrected chi connectivity index (χ0v) is 12.4. The standard InChI is InChI=1S/C15H24N2O4/c1-8-7-17(5-4-11(8)18)15(21)16-13-10-3-2-9(6-10)12(13)14(19)20/h8-13,18H,2-7H2,1H3,(H,16,21)(H,19,20). The second kappa shape index (κ2) is 5.48. The van der Waals surface area contributed by atoms with Gasteiger partial charge in [0.2, 0.25) is 0 Å². The van der Waals surface area contributed by atoms with Gasteiger partial charge in [-0.2, -0.15) is 0 Å². The number of piperidine rings is 1. The van der Waals surface area contributed by atoms with Gasteiger partial charge in [0, 0.05) is 19.1 Å². The molecule has 6 nitrogen and oxygen atoms in total. The van der Waals surface area contributed by atoms with Crippen molar-refractivity contribution in [2.24, 2.45) is 23.7 Å². The van der Waals surface area contributed by atoms with Gasteiger partial charge < -0.3 is 20.4 Å². The Hall–Kier alpha value is -1.30. The van der Waals surface area contributed by atoms with Crippen LogP contribution >= 0.6 is 0 Å². The molecule has 2 bridgehead atoms. The smallest absolute Gasteiger partial charge is 0.317 e. The molecule has 0 aromatic heterocycles. The molecule has 21 heavy (non-hydrogen) atoms. The van der Waals surface area contributed by atoms with Gasteiger partial charge in [0.25, 0.3) is 0 Å². The molecule has 118 valence electrons. The summed E-state index contributed by atoms with van der Waals surface area (Å²) in [6.07, 6.45) is 3.17. The zero-order valence-electron chi connectivity index (χ0n) is 12.4. The van der Waals surface area contributed by atoms with E-state index < -0.39 is 11.9 Å². The first-order valence-electron chi connectivity index (χ1n) is 7.93. The Balaban J connectivity index is 1.63. The van der Waals surface area contributed by atoms with Crippen LogP contribution in [0.4, 0.5) is 4.79 Å². The van der Waals surface area contributed by atoms with Crippen LogP contribution in [0.25, 0.3) is 0 Å². The van der Waals surface area contributed by atoms with Gasteiger partial charge in [0.1, 0.15) is 0 Å². The number of carboxylic acid groups (broad SMARTS) is 1. The SMILES string of the molecule is CC1CN(C(=O)NC2C3CCC(C3)C2C(=O)O)CCC1O. The van der Waals surface area contributed by atoms with Gasteiger partial charge in [-0.1, -0.05) is 6.92 Å². The first-order chi connectivity index (χ1) is 9.97. The van der Waals surface area contributed by atoms with Crippen LogP contribution in [0.2, 0.25) is 0 Å². The largest absolute Gasteiger partial charge is 0.481 e. The number of fused-ring (bicyclic) bond motifs is 2. The monoisotopic (exact) mass is 296 g/mol. The summed E-state index contributed by atoms with van der Waals surface area (Å²) in [6, 6.07) is -0.395. The highest BCUT2D eigenvalue weighted by molar-refractivity contribution is 5.77. The average Bonchev–Trinajstić information content (AvgIpc) is 3.02. The third-order valence-electron chi connectivity index (χ3n) is 5.64. The number of likely N-dealkylation sites (tertiary alicyclic amines) is 1. The van der Waals surface area contributed by atoms with Gasteiger partial charge in [-0.25, -0.2) is 4.79 Å². The van der Waals surface area contributed by atoms with E-state index in [2.05, 4.69) is 5.32 Å². The minimum atomic E-state index is -0.782. The summed E-state index contributed by atoms with van der Waals surface area (Å²) >= 11 is 0. The van der Waals surface area contributed by atoms with E-state index in [1.165, 1.54) is 0 Å². The highest BCUT2D eigenvalue weighted by Crippen LogP contribution is 2.48. The fraction of sp³-hybridized carbons (Fsp3) is 0.867. The van der Waals surface area contributed by atoms with Crippen molar-refractivity contribution in [1.29, 1.82) is 0 Å². The molecule has 1 heterocycles. The second-order valence-electron chi connectivity index (χ2n) is 6.95. The molecule has 0 radical (unpaired) electrons. The third-order valence-corrected chi connectivity index (χ3v) is 5.64. The van der Waals surface area contributed by atoms with Crippen molar-refractivity contribution in [2.45, 2.75) is 44.8 Å². The molecule has 3 fully saturated rings. The molecule has 3 aliphatic rings. The lowest BCUT2D eigenvalue weighted by atomic mass is 9.84. The number of nitrogens with one attached hydrogen (secondary N) is 1. The van der Waals surface area contributed by atoms with Crippen molar-refractivity contribution in [1.82, 2.24) is 10.2 Å². The molecule has 1 saturated heterocycles. The number of aliphatic hydroxyl groups is 1. The molecule has 0 spiro atoms. The van der Waals surface area contributed by atoms with Crippen molar-refractivity contribution >= 4 is 12.0 Å². The summed E-state index contributed by atoms with van der Waals surface area (Å²) in [4.78, 5) is 25.6. The number of aliphatic carboxylic acids is 1. The van der Waals surface area contributed by atoms with E-state index in [0.29, 0.717) is 25.4 Å². The molecule has 6 heteroatoms. The maximum Gasteiger partial charge on any atom is 0.317 e. The van der Waals surface area contributed by atoms with Gasteiger partial charge in [0.05, 0.1) is 12.0 Å². The van der Waals surface area contributed by atoms with E-state index in [9.17, 15) is 19.8 Å². The second-order valence-corrected chi connectivity index (χ2v) is 6.95. The predicted molar refractivity (Wildman–Crippen MR) is 75.6 cm³/mol. The van der Waals surface area contributed by atoms with Crippen molar-refractivity contribution in [3.8, 4) is 0 Å². The highest BCUT2D eigenvalue weighted by Gasteiger charge is 2.51. The Morgan fingerprint density at radius 2 is 1.90 bits per heavy atom. The molecular formula is C15H24N2O4. The third kappa shape index (κ3) is 2.61. The van der Waals surface area contributed by atoms with E-state index in [1.54, 1.807) is 4.90 Å². The van der Waals surface area contributed by atoms with E-state index in [0.717, 1.165) is 19.3 Å². The van der Waals surface area contributed by atoms with E-state index >= 15 is 0 Å². The maximum atomic E-state index is 12.4. The summed E-state index contributed by atoms with van der Waals surface area (Å²) in [7, 11) is 0. The van der Waals surface area contributed by atoms with Crippen LogP contribution in [0.15, 0.2) is 0 Å². The number of nitrogens with zero attached hydrogens (tertiary/aromatic N) is 1. The maximum absolute atomic E-state index is 12.4. The lowest BCUT2D eigenvalue weighted by molar-refractivity contribution is -0.144. The Morgan fingerprint density at radius 3 is 2.57 bits per heavy atom. The summed E-state index contributed by atoms with van der Waals surface area (Å²) < 4.78 is 0. The first-order valence-corrected chi connectivity index (χ1v) is 7.93. The fourth-order valence-corrected chi connectivity index (χ4v) is 4.41. The molecule has 6 atom stereocenters. The number of amides is 2. The Kier molecular flexibility index (Phi) is 3.82. The van der Waals surface area contributed by atoms with Crippen LogP contribution in [-0.2, 0) is 4.79 Å². The number of urea groups is 1. The van der Waals surface area contributed by atoms with Crippen LogP contribution in [0.5, 0.6) is 0 Å². The summed E-state index contributed by atoms with van der Waals surface area (Å²) in [5, 5.41) is 22.1. The molecule has 0 aromatic carbocycles. The lowest BCUT2D eigenvalue weighted by Gasteiger charge is -2.36. The van der Waals surface area contributed by atoms with E-state index in [1.807, 2.05) is 6.92 Å². The van der Waals surface area contributed by atoms with Gasteiger partial charge in [0.15, 0.2) is 0 Å². The molecular weight excluding hydrogens is 272 g/mol. The van der Waals surface area contributed by atoms with Gasteiger partial charge in [-0.3, -0.25) is 4.79 Å². The van der Waals surface area contributed by atoms with Gasteiger partial charge in [-0.15, -0.1) is 0 Å².